The molecular weight excluding hydrogens is 402 g/mol. The Morgan fingerprint density at radius 1 is 1.06 bits per heavy atom. The molecule has 1 aliphatic rings. The molecule has 32 heavy (non-hydrogen) atoms. The number of rotatable bonds is 8. The Morgan fingerprint density at radius 2 is 1.69 bits per heavy atom. The molecule has 7 nitrogen and oxygen atoms in total. The van der Waals surface area contributed by atoms with Gasteiger partial charge in [-0.2, -0.15) is 0 Å². The van der Waals surface area contributed by atoms with E-state index < -0.39 is 0 Å². The molecule has 7 heteroatoms. The normalized spacial score (nSPS) is 16.1. The summed E-state index contributed by atoms with van der Waals surface area (Å²) in [5, 5.41) is 7.13. The monoisotopic (exact) mass is 439 g/mol. The number of methoxy groups -OCH3 is 2. The molecule has 3 rings (SSSR count). The van der Waals surface area contributed by atoms with Crippen LogP contribution < -0.4 is 25.0 Å². The van der Waals surface area contributed by atoms with E-state index in [2.05, 4.69) is 82.0 Å². The van der Waals surface area contributed by atoms with Gasteiger partial charge < -0.3 is 29.9 Å². The molecule has 2 N–H and O–H groups in total. The first-order valence-corrected chi connectivity index (χ1v) is 11.2. The molecule has 1 aliphatic heterocycles. The highest BCUT2D eigenvalue weighted by Gasteiger charge is 2.22. The summed E-state index contributed by atoms with van der Waals surface area (Å²) in [4.78, 5) is 9.08. The largest absolute Gasteiger partial charge is 0.497 e. The highest BCUT2D eigenvalue weighted by atomic mass is 16.5. The number of nitrogens with one attached hydrogen (secondary N) is 2. The van der Waals surface area contributed by atoms with Gasteiger partial charge in [-0.3, -0.25) is 4.99 Å². The minimum Gasteiger partial charge on any atom is -0.497 e. The molecule has 174 valence electrons. The minimum absolute atomic E-state index is 0.277. The third-order valence-corrected chi connectivity index (χ3v) is 6.03. The van der Waals surface area contributed by atoms with Crippen molar-refractivity contribution in [3.8, 4) is 11.5 Å². The van der Waals surface area contributed by atoms with Crippen LogP contribution in [0.1, 0.15) is 24.4 Å². The molecule has 0 saturated carbocycles. The molecule has 0 bridgehead atoms. The highest BCUT2D eigenvalue weighted by Crippen LogP contribution is 2.30. The molecular formula is C25H37N5O2. The molecule has 1 atom stereocenters. The molecule has 1 saturated heterocycles. The van der Waals surface area contributed by atoms with Crippen LogP contribution in [-0.2, 0) is 0 Å². The second-order valence-corrected chi connectivity index (χ2v) is 8.32. The summed E-state index contributed by atoms with van der Waals surface area (Å²) in [6.45, 7) is 2.73. The average Bonchev–Trinajstić information content (AvgIpc) is 2.83. The fourth-order valence-electron chi connectivity index (χ4n) is 4.11. The quantitative estimate of drug-likeness (QED) is 0.487. The van der Waals surface area contributed by atoms with Gasteiger partial charge in [0.05, 0.1) is 20.3 Å². The van der Waals surface area contributed by atoms with E-state index in [1.54, 1.807) is 14.2 Å². The van der Waals surface area contributed by atoms with Crippen LogP contribution in [0.3, 0.4) is 0 Å². The second-order valence-electron chi connectivity index (χ2n) is 8.32. The standard InChI is InChI=1S/C25H37N5O2/c1-26-25(27-18-24(29(2)3)19-9-7-6-8-10-19)28-20-11-13-30(14-12-20)21-15-22(31-4)17-23(16-21)32-5/h6-10,15-17,20,24H,11-14,18H2,1-5H3,(H2,26,27,28). The van der Waals surface area contributed by atoms with Crippen molar-refractivity contribution in [2.45, 2.75) is 24.9 Å². The minimum atomic E-state index is 0.277. The summed E-state index contributed by atoms with van der Waals surface area (Å²) >= 11 is 0. The van der Waals surface area contributed by atoms with Gasteiger partial charge in [-0.25, -0.2) is 0 Å². The number of likely N-dealkylation sites (N-methyl/N-ethyl adjacent to an activating group) is 1. The fourth-order valence-corrected chi connectivity index (χ4v) is 4.11. The Hall–Kier alpha value is -2.93. The van der Waals surface area contributed by atoms with Crippen LogP contribution in [0.15, 0.2) is 53.5 Å². The molecule has 0 aliphatic carbocycles. The third-order valence-electron chi connectivity index (χ3n) is 6.03. The zero-order valence-corrected chi connectivity index (χ0v) is 20.0. The summed E-state index contributed by atoms with van der Waals surface area (Å²) in [5.74, 6) is 2.49. The zero-order chi connectivity index (χ0) is 22.9. The van der Waals surface area contributed by atoms with Crippen molar-refractivity contribution in [2.75, 3.05) is 59.9 Å². The summed E-state index contributed by atoms with van der Waals surface area (Å²) in [6, 6.07) is 17.3. The SMILES string of the molecule is CN=C(NCC(c1ccccc1)N(C)C)NC1CCN(c2cc(OC)cc(OC)c2)CC1. The van der Waals surface area contributed by atoms with E-state index in [4.69, 9.17) is 9.47 Å². The average molecular weight is 440 g/mol. The Kier molecular flexibility index (Phi) is 8.62. The first-order chi connectivity index (χ1) is 15.5. The van der Waals surface area contributed by atoms with Gasteiger partial charge in [0.25, 0.3) is 0 Å². The topological polar surface area (TPSA) is 61.4 Å². The van der Waals surface area contributed by atoms with Gasteiger partial charge in [0.2, 0.25) is 0 Å². The van der Waals surface area contributed by atoms with Crippen LogP contribution in [0.4, 0.5) is 5.69 Å². The van der Waals surface area contributed by atoms with Crippen molar-refractivity contribution in [1.82, 2.24) is 15.5 Å². The van der Waals surface area contributed by atoms with Crippen molar-refractivity contribution >= 4 is 11.6 Å². The van der Waals surface area contributed by atoms with Crippen LogP contribution in [0, 0.1) is 0 Å². The summed E-state index contributed by atoms with van der Waals surface area (Å²) in [7, 11) is 9.43. The Bertz CT molecular complexity index is 842. The number of aliphatic imine (C=N–C) groups is 1. The van der Waals surface area contributed by atoms with Crippen LogP contribution in [0.25, 0.3) is 0 Å². The number of piperidine rings is 1. The Balaban J connectivity index is 1.53. The lowest BCUT2D eigenvalue weighted by Gasteiger charge is -2.35. The van der Waals surface area contributed by atoms with Crippen molar-refractivity contribution in [1.29, 1.82) is 0 Å². The molecule has 0 amide bonds. The predicted molar refractivity (Wildman–Crippen MR) is 132 cm³/mol. The maximum atomic E-state index is 5.42. The molecule has 1 unspecified atom stereocenters. The van der Waals surface area contributed by atoms with Crippen LogP contribution in [0.2, 0.25) is 0 Å². The number of benzene rings is 2. The van der Waals surface area contributed by atoms with Crippen LogP contribution in [-0.4, -0.2) is 71.9 Å². The Labute approximate surface area is 192 Å². The fraction of sp³-hybridized carbons (Fsp3) is 0.480. The molecule has 2 aromatic rings. The number of guanidine groups is 1. The lowest BCUT2D eigenvalue weighted by atomic mass is 10.0. The maximum Gasteiger partial charge on any atom is 0.191 e. The first-order valence-electron chi connectivity index (χ1n) is 11.2. The molecule has 1 fully saturated rings. The smallest absolute Gasteiger partial charge is 0.191 e. The van der Waals surface area contributed by atoms with E-state index in [0.29, 0.717) is 6.04 Å². The van der Waals surface area contributed by atoms with E-state index in [0.717, 1.165) is 55.6 Å². The summed E-state index contributed by atoms with van der Waals surface area (Å²) in [5.41, 5.74) is 2.43. The predicted octanol–water partition coefficient (Wildman–Crippen LogP) is 3.14. The van der Waals surface area contributed by atoms with Gasteiger partial charge in [-0.05, 0) is 32.5 Å². The van der Waals surface area contributed by atoms with Gasteiger partial charge in [-0.1, -0.05) is 30.3 Å². The van der Waals surface area contributed by atoms with Crippen LogP contribution in [0.5, 0.6) is 11.5 Å². The van der Waals surface area contributed by atoms with Crippen molar-refractivity contribution in [2.24, 2.45) is 4.99 Å². The molecule has 1 heterocycles. The molecule has 2 aromatic carbocycles. The second kappa shape index (κ2) is 11.6. The Morgan fingerprint density at radius 3 is 2.22 bits per heavy atom. The van der Waals surface area contributed by atoms with Gasteiger partial charge >= 0.3 is 0 Å². The summed E-state index contributed by atoms with van der Waals surface area (Å²) in [6.07, 6.45) is 2.08. The zero-order valence-electron chi connectivity index (χ0n) is 20.0. The van der Waals surface area contributed by atoms with E-state index in [9.17, 15) is 0 Å². The van der Waals surface area contributed by atoms with Crippen molar-refractivity contribution in [3.05, 3.63) is 54.1 Å². The highest BCUT2D eigenvalue weighted by molar-refractivity contribution is 5.80. The van der Waals surface area contributed by atoms with Gasteiger partial charge in [0.15, 0.2) is 5.96 Å². The molecule has 0 spiro atoms. The van der Waals surface area contributed by atoms with E-state index in [1.807, 2.05) is 13.1 Å². The maximum absolute atomic E-state index is 5.42. The first kappa shape index (κ1) is 23.7. The van der Waals surface area contributed by atoms with E-state index in [-0.39, 0.29) is 6.04 Å². The van der Waals surface area contributed by atoms with Crippen molar-refractivity contribution < 1.29 is 9.47 Å². The number of ether oxygens (including phenoxy) is 2. The molecule has 0 radical (unpaired) electrons. The van der Waals surface area contributed by atoms with Crippen LogP contribution >= 0.6 is 0 Å². The van der Waals surface area contributed by atoms with Gasteiger partial charge in [-0.15, -0.1) is 0 Å². The molecule has 0 aromatic heterocycles. The van der Waals surface area contributed by atoms with Gasteiger partial charge in [0.1, 0.15) is 11.5 Å². The lowest BCUT2D eigenvalue weighted by Crippen LogP contribution is -2.50. The lowest BCUT2D eigenvalue weighted by molar-refractivity contribution is 0.297. The summed E-state index contributed by atoms with van der Waals surface area (Å²) < 4.78 is 10.8. The number of hydrogen-bond donors (Lipinski definition) is 2. The van der Waals surface area contributed by atoms with Crippen molar-refractivity contribution in [3.63, 3.8) is 0 Å². The number of nitrogens with zero attached hydrogens (tertiary/aromatic N) is 3. The van der Waals surface area contributed by atoms with E-state index in [1.165, 1.54) is 5.56 Å². The van der Waals surface area contributed by atoms with E-state index >= 15 is 0 Å². The number of hydrogen-bond acceptors (Lipinski definition) is 5. The third kappa shape index (κ3) is 6.29. The number of anilines is 1. The van der Waals surface area contributed by atoms with Gasteiger partial charge in [0, 0.05) is 56.6 Å².